The highest BCUT2D eigenvalue weighted by molar-refractivity contribution is 9.10. The maximum Gasteiger partial charge on any atom is 0.153 e. The number of carbonyl (C=O) groups excluding carboxylic acids is 1. The molecule has 0 aromatic heterocycles. The molecule has 1 aromatic carbocycles. The third-order valence-electron chi connectivity index (χ3n) is 1.76. The highest BCUT2D eigenvalue weighted by Gasteiger charge is 2.09. The molecule has 0 unspecified atom stereocenters. The maximum absolute atomic E-state index is 10.7. The zero-order valence-electron chi connectivity index (χ0n) is 8.20. The lowest BCUT2D eigenvalue weighted by Crippen LogP contribution is -2.04. The normalized spacial score (nSPS) is 9.80. The smallest absolute Gasteiger partial charge is 0.153 e. The number of hydrogen-bond acceptors (Lipinski definition) is 4. The van der Waals surface area contributed by atoms with Gasteiger partial charge in [-0.05, 0) is 22.0 Å². The standard InChI is InChI=1S/C10H11BrO4/c1-14-10-5-9(15-3-2-12)7(6-13)4-8(10)11/h4-6,12H,2-3H2,1H3. The fourth-order valence-electron chi connectivity index (χ4n) is 1.08. The summed E-state index contributed by atoms with van der Waals surface area (Å²) in [6.45, 7) is 0.0440. The Morgan fingerprint density at radius 2 is 2.20 bits per heavy atom. The first-order valence-electron chi connectivity index (χ1n) is 4.29. The zero-order chi connectivity index (χ0) is 11.3. The largest absolute Gasteiger partial charge is 0.495 e. The van der Waals surface area contributed by atoms with E-state index in [1.54, 1.807) is 12.1 Å². The van der Waals surface area contributed by atoms with Crippen molar-refractivity contribution in [2.75, 3.05) is 20.3 Å². The lowest BCUT2D eigenvalue weighted by Gasteiger charge is -2.10. The van der Waals surface area contributed by atoms with Gasteiger partial charge in [0.05, 0.1) is 23.8 Å². The maximum atomic E-state index is 10.7. The first kappa shape index (κ1) is 12.0. The summed E-state index contributed by atoms with van der Waals surface area (Å²) in [7, 11) is 1.52. The van der Waals surface area contributed by atoms with Crippen LogP contribution in [0.5, 0.6) is 11.5 Å². The molecule has 0 spiro atoms. The highest BCUT2D eigenvalue weighted by atomic mass is 79.9. The minimum absolute atomic E-state index is 0.101. The van der Waals surface area contributed by atoms with E-state index in [1.165, 1.54) is 7.11 Å². The molecular weight excluding hydrogens is 264 g/mol. The monoisotopic (exact) mass is 274 g/mol. The van der Waals surface area contributed by atoms with Crippen molar-refractivity contribution in [3.8, 4) is 11.5 Å². The lowest BCUT2D eigenvalue weighted by molar-refractivity contribution is 0.111. The van der Waals surface area contributed by atoms with E-state index >= 15 is 0 Å². The van der Waals surface area contributed by atoms with Crippen LogP contribution in [0.3, 0.4) is 0 Å². The van der Waals surface area contributed by atoms with Gasteiger partial charge in [0.2, 0.25) is 0 Å². The van der Waals surface area contributed by atoms with E-state index in [0.717, 1.165) is 0 Å². The molecule has 1 aromatic rings. The van der Waals surface area contributed by atoms with E-state index in [0.29, 0.717) is 27.8 Å². The molecule has 0 aliphatic carbocycles. The number of aldehydes is 1. The van der Waals surface area contributed by atoms with Gasteiger partial charge < -0.3 is 14.6 Å². The molecule has 5 heteroatoms. The van der Waals surface area contributed by atoms with Crippen LogP contribution in [0.4, 0.5) is 0 Å². The van der Waals surface area contributed by atoms with Crippen LogP contribution in [0.1, 0.15) is 10.4 Å². The lowest BCUT2D eigenvalue weighted by atomic mass is 10.2. The summed E-state index contributed by atoms with van der Waals surface area (Å²) in [5.74, 6) is 0.979. The van der Waals surface area contributed by atoms with Gasteiger partial charge in [0.25, 0.3) is 0 Å². The van der Waals surface area contributed by atoms with Gasteiger partial charge in [-0.2, -0.15) is 0 Å². The SMILES string of the molecule is COc1cc(OCCO)c(C=O)cc1Br. The number of rotatable bonds is 5. The van der Waals surface area contributed by atoms with Crippen LogP contribution in [0.2, 0.25) is 0 Å². The number of hydrogen-bond donors (Lipinski definition) is 1. The van der Waals surface area contributed by atoms with Crippen molar-refractivity contribution in [3.05, 3.63) is 22.2 Å². The first-order valence-corrected chi connectivity index (χ1v) is 5.08. The summed E-state index contributed by atoms with van der Waals surface area (Å²) in [5.41, 5.74) is 0.413. The molecule has 0 saturated carbocycles. The number of aliphatic hydroxyl groups is 1. The number of halogens is 1. The molecule has 0 atom stereocenters. The number of benzene rings is 1. The second-order valence-corrected chi connectivity index (χ2v) is 3.57. The molecule has 15 heavy (non-hydrogen) atoms. The van der Waals surface area contributed by atoms with Gasteiger partial charge >= 0.3 is 0 Å². The molecule has 0 bridgehead atoms. The molecule has 0 fully saturated rings. The molecule has 0 saturated heterocycles. The number of carbonyl (C=O) groups is 1. The van der Waals surface area contributed by atoms with Crippen LogP contribution in [-0.2, 0) is 0 Å². The van der Waals surface area contributed by atoms with E-state index in [9.17, 15) is 4.79 Å². The first-order chi connectivity index (χ1) is 7.22. The van der Waals surface area contributed by atoms with Crippen LogP contribution in [0.15, 0.2) is 16.6 Å². The van der Waals surface area contributed by atoms with E-state index < -0.39 is 0 Å². The minimum atomic E-state index is -0.101. The molecule has 82 valence electrons. The van der Waals surface area contributed by atoms with E-state index in [-0.39, 0.29) is 13.2 Å². The molecule has 0 radical (unpaired) electrons. The predicted molar refractivity (Wildman–Crippen MR) is 58.7 cm³/mol. The van der Waals surface area contributed by atoms with Crippen LogP contribution < -0.4 is 9.47 Å². The molecule has 0 amide bonds. The second kappa shape index (κ2) is 5.72. The van der Waals surface area contributed by atoms with Crippen molar-refractivity contribution in [1.82, 2.24) is 0 Å². The number of ether oxygens (including phenoxy) is 2. The average molecular weight is 275 g/mol. The number of aliphatic hydroxyl groups excluding tert-OH is 1. The van der Waals surface area contributed by atoms with E-state index in [2.05, 4.69) is 15.9 Å². The summed E-state index contributed by atoms with van der Waals surface area (Å²) in [5, 5.41) is 8.62. The Bertz CT molecular complexity index is 352. The zero-order valence-corrected chi connectivity index (χ0v) is 9.78. The van der Waals surface area contributed by atoms with Crippen molar-refractivity contribution < 1.29 is 19.4 Å². The van der Waals surface area contributed by atoms with Gasteiger partial charge in [-0.15, -0.1) is 0 Å². The van der Waals surface area contributed by atoms with Crippen molar-refractivity contribution in [2.45, 2.75) is 0 Å². The Hall–Kier alpha value is -1.07. The molecule has 0 aliphatic heterocycles. The van der Waals surface area contributed by atoms with Gasteiger partial charge in [0, 0.05) is 6.07 Å². The summed E-state index contributed by atoms with van der Waals surface area (Å²) in [6, 6.07) is 3.21. The third-order valence-corrected chi connectivity index (χ3v) is 2.38. The summed E-state index contributed by atoms with van der Waals surface area (Å²) >= 11 is 3.26. The van der Waals surface area contributed by atoms with Gasteiger partial charge in [0.15, 0.2) is 6.29 Å². The molecule has 0 aliphatic rings. The number of methoxy groups -OCH3 is 1. The van der Waals surface area contributed by atoms with Gasteiger partial charge in [-0.25, -0.2) is 0 Å². The fourth-order valence-corrected chi connectivity index (χ4v) is 1.60. The van der Waals surface area contributed by atoms with Crippen molar-refractivity contribution in [1.29, 1.82) is 0 Å². The molecule has 1 N–H and O–H groups in total. The molecule has 0 heterocycles. The van der Waals surface area contributed by atoms with Crippen molar-refractivity contribution in [2.24, 2.45) is 0 Å². The third kappa shape index (κ3) is 2.94. The Morgan fingerprint density at radius 3 is 2.73 bits per heavy atom. The van der Waals surface area contributed by atoms with Crippen molar-refractivity contribution >= 4 is 22.2 Å². The second-order valence-electron chi connectivity index (χ2n) is 2.71. The Labute approximate surface area is 95.9 Å². The summed E-state index contributed by atoms with van der Waals surface area (Å²) < 4.78 is 10.9. The van der Waals surface area contributed by atoms with Crippen LogP contribution in [0.25, 0.3) is 0 Å². The molecule has 1 rings (SSSR count). The van der Waals surface area contributed by atoms with E-state index in [4.69, 9.17) is 14.6 Å². The topological polar surface area (TPSA) is 55.8 Å². The molecule has 4 nitrogen and oxygen atoms in total. The Balaban J connectivity index is 3.05. The van der Waals surface area contributed by atoms with Crippen LogP contribution in [0, 0.1) is 0 Å². The molecular formula is C10H11BrO4. The predicted octanol–water partition coefficient (Wildman–Crippen LogP) is 1.64. The van der Waals surface area contributed by atoms with Gasteiger partial charge in [-0.3, -0.25) is 4.79 Å². The average Bonchev–Trinajstić information content (AvgIpc) is 2.26. The fraction of sp³-hybridized carbons (Fsp3) is 0.300. The van der Waals surface area contributed by atoms with Crippen LogP contribution >= 0.6 is 15.9 Å². The minimum Gasteiger partial charge on any atom is -0.495 e. The van der Waals surface area contributed by atoms with E-state index in [1.807, 2.05) is 0 Å². The Kier molecular flexibility index (Phi) is 4.58. The van der Waals surface area contributed by atoms with Gasteiger partial charge in [0.1, 0.15) is 18.1 Å². The van der Waals surface area contributed by atoms with Gasteiger partial charge in [-0.1, -0.05) is 0 Å². The van der Waals surface area contributed by atoms with Crippen molar-refractivity contribution in [3.63, 3.8) is 0 Å². The summed E-state index contributed by atoms with van der Waals surface area (Å²) in [6.07, 6.45) is 0.691. The Morgan fingerprint density at radius 1 is 1.47 bits per heavy atom. The van der Waals surface area contributed by atoms with Crippen LogP contribution in [-0.4, -0.2) is 31.7 Å². The highest BCUT2D eigenvalue weighted by Crippen LogP contribution is 2.32. The quantitative estimate of drug-likeness (QED) is 0.830. The summed E-state index contributed by atoms with van der Waals surface area (Å²) in [4.78, 5) is 10.7.